The van der Waals surface area contributed by atoms with E-state index in [2.05, 4.69) is 6.07 Å². The van der Waals surface area contributed by atoms with Crippen molar-refractivity contribution in [1.29, 1.82) is 0 Å². The highest BCUT2D eigenvalue weighted by atomic mass is 16.5. The van der Waals surface area contributed by atoms with Crippen molar-refractivity contribution in [2.45, 2.75) is 26.7 Å². The van der Waals surface area contributed by atoms with Crippen LogP contribution in [0.4, 0.5) is 0 Å². The molecule has 94 valence electrons. The normalized spacial score (nSPS) is 10.2. The first kappa shape index (κ1) is 13.5. The molecule has 0 aromatic heterocycles. The average Bonchev–Trinajstić information content (AvgIpc) is 2.29. The van der Waals surface area contributed by atoms with E-state index < -0.39 is 0 Å². The molecule has 0 saturated carbocycles. The molecule has 0 saturated heterocycles. The minimum Gasteiger partial charge on any atom is -0.496 e. The molecule has 0 spiro atoms. The van der Waals surface area contributed by atoms with Gasteiger partial charge in [0.2, 0.25) is 5.91 Å². The van der Waals surface area contributed by atoms with Gasteiger partial charge in [-0.15, -0.1) is 0 Å². The van der Waals surface area contributed by atoms with E-state index in [1.807, 2.05) is 19.9 Å². The molecule has 0 heterocycles. The summed E-state index contributed by atoms with van der Waals surface area (Å²) < 4.78 is 5.25. The summed E-state index contributed by atoms with van der Waals surface area (Å²) in [4.78, 5) is 11.4. The molecule has 0 bridgehead atoms. The first-order valence-electron chi connectivity index (χ1n) is 5.61. The molecule has 17 heavy (non-hydrogen) atoms. The molecule has 1 aromatic rings. The van der Waals surface area contributed by atoms with Gasteiger partial charge in [-0.25, -0.2) is 5.84 Å². The second kappa shape index (κ2) is 5.68. The third-order valence-corrected chi connectivity index (χ3v) is 2.86. The van der Waals surface area contributed by atoms with Crippen molar-refractivity contribution >= 4 is 5.91 Å². The number of carbonyl (C=O) groups excluding carboxylic acids is 1. The lowest BCUT2D eigenvalue weighted by Crippen LogP contribution is -2.33. The summed E-state index contributed by atoms with van der Waals surface area (Å²) in [6.45, 7) is 4.02. The maximum Gasteiger partial charge on any atom is 0.236 e. The molecule has 0 unspecified atom stereocenters. The Morgan fingerprint density at radius 2 is 2.00 bits per heavy atom. The number of carbonyl (C=O) groups is 1. The number of ether oxygens (including phenoxy) is 1. The largest absolute Gasteiger partial charge is 0.496 e. The zero-order valence-electron chi connectivity index (χ0n) is 10.9. The first-order valence-corrected chi connectivity index (χ1v) is 5.61. The van der Waals surface area contributed by atoms with Crippen LogP contribution in [0.5, 0.6) is 5.75 Å². The Kier molecular flexibility index (Phi) is 4.52. The van der Waals surface area contributed by atoms with Crippen molar-refractivity contribution in [1.82, 2.24) is 5.01 Å². The van der Waals surface area contributed by atoms with Crippen LogP contribution in [0.2, 0.25) is 0 Å². The Labute approximate surface area is 102 Å². The van der Waals surface area contributed by atoms with E-state index >= 15 is 0 Å². The standard InChI is InChI=1S/C13H20N2O2/c1-9-8-12(17-4)10(2)7-11(9)5-6-13(16)15(3)14/h7-8H,5-6,14H2,1-4H3. The first-order chi connectivity index (χ1) is 7.95. The van der Waals surface area contributed by atoms with Crippen LogP contribution in [0.3, 0.4) is 0 Å². The summed E-state index contributed by atoms with van der Waals surface area (Å²) in [5.74, 6) is 6.20. The topological polar surface area (TPSA) is 55.6 Å². The van der Waals surface area contributed by atoms with Crippen molar-refractivity contribution in [2.24, 2.45) is 5.84 Å². The fourth-order valence-electron chi connectivity index (χ4n) is 1.76. The average molecular weight is 236 g/mol. The molecule has 1 amide bonds. The van der Waals surface area contributed by atoms with Gasteiger partial charge in [0.25, 0.3) is 0 Å². The van der Waals surface area contributed by atoms with Gasteiger partial charge in [0, 0.05) is 13.5 Å². The molecular formula is C13H20N2O2. The molecule has 4 nitrogen and oxygen atoms in total. The number of benzene rings is 1. The number of amides is 1. The van der Waals surface area contributed by atoms with Crippen molar-refractivity contribution in [3.05, 3.63) is 28.8 Å². The third kappa shape index (κ3) is 3.46. The van der Waals surface area contributed by atoms with Crippen LogP contribution in [0, 0.1) is 13.8 Å². The smallest absolute Gasteiger partial charge is 0.236 e. The lowest BCUT2D eigenvalue weighted by Gasteiger charge is -2.13. The van der Waals surface area contributed by atoms with E-state index in [1.54, 1.807) is 14.2 Å². The summed E-state index contributed by atoms with van der Waals surface area (Å²) >= 11 is 0. The van der Waals surface area contributed by atoms with Gasteiger partial charge >= 0.3 is 0 Å². The zero-order valence-corrected chi connectivity index (χ0v) is 10.9. The van der Waals surface area contributed by atoms with Crippen LogP contribution in [0.1, 0.15) is 23.1 Å². The van der Waals surface area contributed by atoms with E-state index in [-0.39, 0.29) is 5.91 Å². The Morgan fingerprint density at radius 1 is 1.35 bits per heavy atom. The fourth-order valence-corrected chi connectivity index (χ4v) is 1.76. The molecule has 1 rings (SSSR count). The molecule has 0 aliphatic heterocycles. The number of nitrogens with zero attached hydrogens (tertiary/aromatic N) is 1. The molecule has 0 aliphatic carbocycles. The summed E-state index contributed by atoms with van der Waals surface area (Å²) in [6.07, 6.45) is 1.14. The quantitative estimate of drug-likeness (QED) is 0.490. The summed E-state index contributed by atoms with van der Waals surface area (Å²) in [7, 11) is 3.23. The Morgan fingerprint density at radius 3 is 2.53 bits per heavy atom. The van der Waals surface area contributed by atoms with Crippen LogP contribution < -0.4 is 10.6 Å². The number of aryl methyl sites for hydroxylation is 3. The zero-order chi connectivity index (χ0) is 13.0. The minimum absolute atomic E-state index is 0.0575. The molecular weight excluding hydrogens is 216 g/mol. The molecule has 2 N–H and O–H groups in total. The van der Waals surface area contributed by atoms with Gasteiger partial charge in [-0.2, -0.15) is 0 Å². The number of methoxy groups -OCH3 is 1. The van der Waals surface area contributed by atoms with Gasteiger partial charge in [0.05, 0.1) is 7.11 Å². The maximum absolute atomic E-state index is 11.4. The highest BCUT2D eigenvalue weighted by Gasteiger charge is 2.08. The van der Waals surface area contributed by atoms with E-state index in [9.17, 15) is 4.79 Å². The SMILES string of the molecule is COc1cc(C)c(CCC(=O)N(C)N)cc1C. The number of hydrogen-bond donors (Lipinski definition) is 1. The van der Waals surface area contributed by atoms with E-state index in [1.165, 1.54) is 5.56 Å². The van der Waals surface area contributed by atoms with Gasteiger partial charge in [-0.05, 0) is 43.0 Å². The van der Waals surface area contributed by atoms with E-state index in [0.29, 0.717) is 12.8 Å². The van der Waals surface area contributed by atoms with Crippen LogP contribution in [-0.2, 0) is 11.2 Å². The van der Waals surface area contributed by atoms with E-state index in [4.69, 9.17) is 10.6 Å². The van der Waals surface area contributed by atoms with Crippen LogP contribution >= 0.6 is 0 Å². The lowest BCUT2D eigenvalue weighted by molar-refractivity contribution is -0.130. The van der Waals surface area contributed by atoms with Gasteiger partial charge in [-0.3, -0.25) is 9.80 Å². The summed E-state index contributed by atoms with van der Waals surface area (Å²) in [5, 5.41) is 1.13. The highest BCUT2D eigenvalue weighted by Crippen LogP contribution is 2.23. The van der Waals surface area contributed by atoms with Crippen LogP contribution in [0.25, 0.3) is 0 Å². The maximum atomic E-state index is 11.4. The van der Waals surface area contributed by atoms with Crippen molar-refractivity contribution in [2.75, 3.05) is 14.2 Å². The van der Waals surface area contributed by atoms with Crippen LogP contribution in [-0.4, -0.2) is 25.1 Å². The molecule has 4 heteroatoms. The number of hydrazine groups is 1. The second-order valence-electron chi connectivity index (χ2n) is 4.25. The van der Waals surface area contributed by atoms with Gasteiger partial charge < -0.3 is 4.74 Å². The second-order valence-corrected chi connectivity index (χ2v) is 4.25. The predicted molar refractivity (Wildman–Crippen MR) is 67.7 cm³/mol. The van der Waals surface area contributed by atoms with Crippen molar-refractivity contribution in [3.8, 4) is 5.75 Å². The predicted octanol–water partition coefficient (Wildman–Crippen LogP) is 1.58. The monoisotopic (exact) mass is 236 g/mol. The minimum atomic E-state index is -0.0575. The van der Waals surface area contributed by atoms with Crippen molar-refractivity contribution < 1.29 is 9.53 Å². The fraction of sp³-hybridized carbons (Fsp3) is 0.462. The molecule has 0 fully saturated rings. The van der Waals surface area contributed by atoms with Gasteiger partial charge in [-0.1, -0.05) is 6.07 Å². The summed E-state index contributed by atoms with van der Waals surface area (Å²) in [5.41, 5.74) is 3.39. The van der Waals surface area contributed by atoms with Crippen molar-refractivity contribution in [3.63, 3.8) is 0 Å². The molecule has 1 aromatic carbocycles. The lowest BCUT2D eigenvalue weighted by atomic mass is 10.0. The Balaban J connectivity index is 2.79. The third-order valence-electron chi connectivity index (χ3n) is 2.86. The summed E-state index contributed by atoms with van der Waals surface area (Å²) in [6, 6.07) is 4.07. The number of rotatable bonds is 4. The Bertz CT molecular complexity index is 414. The van der Waals surface area contributed by atoms with E-state index in [0.717, 1.165) is 21.9 Å². The van der Waals surface area contributed by atoms with Gasteiger partial charge in [0.15, 0.2) is 0 Å². The van der Waals surface area contributed by atoms with Gasteiger partial charge in [0.1, 0.15) is 5.75 Å². The Hall–Kier alpha value is -1.55. The highest BCUT2D eigenvalue weighted by molar-refractivity contribution is 5.75. The molecule has 0 atom stereocenters. The molecule has 0 aliphatic rings. The molecule has 0 radical (unpaired) electrons. The number of hydrogen-bond acceptors (Lipinski definition) is 3. The number of nitrogens with two attached hydrogens (primary N) is 1. The van der Waals surface area contributed by atoms with Crippen LogP contribution in [0.15, 0.2) is 12.1 Å².